The summed E-state index contributed by atoms with van der Waals surface area (Å²) < 4.78 is 45.7. The fourth-order valence-electron chi connectivity index (χ4n) is 4.10. The number of nitrogens with zero attached hydrogens (tertiary/aromatic N) is 3. The van der Waals surface area contributed by atoms with Crippen molar-refractivity contribution < 1.29 is 32.2 Å². The average molecular weight is 523 g/mol. The predicted molar refractivity (Wildman–Crippen MR) is 129 cm³/mol. The summed E-state index contributed by atoms with van der Waals surface area (Å²) in [6, 6.07) is 4.26. The quantitative estimate of drug-likeness (QED) is 0.507. The minimum atomic E-state index is -5.08. The number of carboxylic acids is 1. The number of halogens is 3. The number of carbonyl (C=O) groups is 1. The maximum Gasteiger partial charge on any atom is 0.490 e. The van der Waals surface area contributed by atoms with Gasteiger partial charge in [-0.25, -0.2) is 4.79 Å². The summed E-state index contributed by atoms with van der Waals surface area (Å²) in [5.41, 5.74) is 2.34. The Bertz CT molecular complexity index is 1320. The van der Waals surface area contributed by atoms with E-state index in [1.807, 2.05) is 18.3 Å². The monoisotopic (exact) mass is 522 g/mol. The number of hydrogen-bond donors (Lipinski definition) is 2. The normalized spacial score (nSPS) is 18.4. The molecule has 3 aromatic heterocycles. The van der Waals surface area contributed by atoms with Crippen molar-refractivity contribution in [1.29, 1.82) is 0 Å². The molecular formula is C25H29F3N4O5. The molecule has 4 heterocycles. The van der Waals surface area contributed by atoms with Crippen LogP contribution >= 0.6 is 0 Å². The molecule has 2 N–H and O–H groups in total. The summed E-state index contributed by atoms with van der Waals surface area (Å²) in [5.74, 6) is -0.558. The van der Waals surface area contributed by atoms with Crippen LogP contribution in [0, 0.1) is 5.92 Å². The van der Waals surface area contributed by atoms with Gasteiger partial charge >= 0.3 is 12.1 Å². The Labute approximate surface area is 210 Å². The Hall–Kier alpha value is -3.38. The molecular weight excluding hydrogens is 493 g/mol. The lowest BCUT2D eigenvalue weighted by Crippen LogP contribution is -2.49. The number of fused-ring (bicyclic) bond motifs is 1. The third-order valence-corrected chi connectivity index (χ3v) is 6.39. The molecule has 0 amide bonds. The molecule has 0 radical (unpaired) electrons. The lowest BCUT2D eigenvalue weighted by Gasteiger charge is -2.33. The van der Waals surface area contributed by atoms with Crippen molar-refractivity contribution in [2.24, 2.45) is 13.0 Å². The van der Waals surface area contributed by atoms with Gasteiger partial charge in [0.15, 0.2) is 0 Å². The fourth-order valence-corrected chi connectivity index (χ4v) is 4.10. The number of aliphatic carboxylic acids is 1. The van der Waals surface area contributed by atoms with Crippen molar-refractivity contribution in [2.45, 2.75) is 38.5 Å². The van der Waals surface area contributed by atoms with Gasteiger partial charge in [-0.3, -0.25) is 14.7 Å². The minimum Gasteiger partial charge on any atom is -0.491 e. The maximum atomic E-state index is 12.8. The number of pyridine rings is 2. The Morgan fingerprint density at radius 1 is 1.32 bits per heavy atom. The van der Waals surface area contributed by atoms with Gasteiger partial charge in [-0.15, -0.1) is 0 Å². The smallest absolute Gasteiger partial charge is 0.490 e. The molecule has 12 heteroatoms. The topological polar surface area (TPSA) is 110 Å². The van der Waals surface area contributed by atoms with Crippen LogP contribution < -0.4 is 15.6 Å². The first-order chi connectivity index (χ1) is 17.5. The Kier molecular flexibility index (Phi) is 7.88. The second kappa shape index (κ2) is 10.9. The average Bonchev–Trinajstić information content (AvgIpc) is 3.59. The summed E-state index contributed by atoms with van der Waals surface area (Å²) in [6.45, 7) is 6.51. The summed E-state index contributed by atoms with van der Waals surface area (Å²) in [5, 5.41) is 11.1. The van der Waals surface area contributed by atoms with E-state index in [4.69, 9.17) is 19.1 Å². The minimum absolute atomic E-state index is 0.0494. The molecule has 1 saturated heterocycles. The molecule has 200 valence electrons. The molecule has 3 aromatic rings. The molecule has 1 saturated carbocycles. The molecule has 1 atom stereocenters. The van der Waals surface area contributed by atoms with Gasteiger partial charge in [0.1, 0.15) is 17.1 Å². The molecule has 0 aromatic carbocycles. The molecule has 5 rings (SSSR count). The van der Waals surface area contributed by atoms with E-state index in [2.05, 4.69) is 22.1 Å². The van der Waals surface area contributed by atoms with Crippen molar-refractivity contribution in [2.75, 3.05) is 26.2 Å². The van der Waals surface area contributed by atoms with Crippen LogP contribution in [-0.2, 0) is 18.4 Å². The number of aryl methyl sites for hydroxylation is 1. The van der Waals surface area contributed by atoms with Gasteiger partial charge in [0, 0.05) is 56.2 Å². The SMILES string of the molecule is C[C@@H]1CNCCN1Cc1cc2c(=O)n(C)cc(-c3ccncc3OCC3CC3)c2o1.O=C(O)C(F)(F)F. The summed E-state index contributed by atoms with van der Waals surface area (Å²) >= 11 is 0. The van der Waals surface area contributed by atoms with Crippen LogP contribution in [0.3, 0.4) is 0 Å². The number of carboxylic acid groups (broad SMARTS) is 1. The van der Waals surface area contributed by atoms with Crippen LogP contribution in [0.1, 0.15) is 25.5 Å². The van der Waals surface area contributed by atoms with E-state index >= 15 is 0 Å². The summed E-state index contributed by atoms with van der Waals surface area (Å²) in [7, 11) is 1.78. The number of rotatable bonds is 6. The molecule has 1 aliphatic heterocycles. The zero-order valence-corrected chi connectivity index (χ0v) is 20.5. The second-order valence-electron chi connectivity index (χ2n) is 9.37. The van der Waals surface area contributed by atoms with Crippen LogP contribution in [0.25, 0.3) is 22.1 Å². The van der Waals surface area contributed by atoms with E-state index in [1.54, 1.807) is 24.0 Å². The third-order valence-electron chi connectivity index (χ3n) is 6.39. The summed E-state index contributed by atoms with van der Waals surface area (Å²) in [4.78, 5) is 28.3. The molecule has 9 nitrogen and oxygen atoms in total. The number of ether oxygens (including phenoxy) is 1. The van der Waals surface area contributed by atoms with Crippen molar-refractivity contribution in [3.05, 3.63) is 46.8 Å². The summed E-state index contributed by atoms with van der Waals surface area (Å²) in [6.07, 6.45) is 2.71. The highest BCUT2D eigenvalue weighted by Gasteiger charge is 2.38. The standard InChI is InChI=1S/C23H28N4O3.C2HF3O2/c1-15-10-25-7-8-27(15)12-17-9-19-22(30-17)20(13-26(2)23(19)28)18-5-6-24-11-21(18)29-14-16-3-4-16;3-2(4,5)1(6)7/h5-6,9,11,13,15-16,25H,3-4,7-8,10,12,14H2,1-2H3;(H,6,7)/t15-;/m1./s1. The molecule has 0 unspecified atom stereocenters. The molecule has 1 aliphatic carbocycles. The van der Waals surface area contributed by atoms with Gasteiger partial charge in [-0.05, 0) is 37.8 Å². The first kappa shape index (κ1) is 26.7. The molecule has 0 bridgehead atoms. The Balaban J connectivity index is 0.000000405. The number of aromatic nitrogens is 2. The highest BCUT2D eigenvalue weighted by Crippen LogP contribution is 2.36. The van der Waals surface area contributed by atoms with Crippen molar-refractivity contribution in [3.8, 4) is 16.9 Å². The van der Waals surface area contributed by atoms with E-state index in [0.29, 0.717) is 36.1 Å². The van der Waals surface area contributed by atoms with E-state index in [0.717, 1.165) is 42.3 Å². The van der Waals surface area contributed by atoms with E-state index in [9.17, 15) is 18.0 Å². The first-order valence-corrected chi connectivity index (χ1v) is 12.0. The van der Waals surface area contributed by atoms with Crippen LogP contribution in [0.15, 0.2) is 39.9 Å². The van der Waals surface area contributed by atoms with E-state index < -0.39 is 12.1 Å². The number of piperazine rings is 1. The predicted octanol–water partition coefficient (Wildman–Crippen LogP) is 3.41. The Morgan fingerprint density at radius 2 is 2.05 bits per heavy atom. The second-order valence-corrected chi connectivity index (χ2v) is 9.37. The van der Waals surface area contributed by atoms with Gasteiger partial charge < -0.3 is 24.1 Å². The van der Waals surface area contributed by atoms with Gasteiger partial charge in [0.2, 0.25) is 0 Å². The van der Waals surface area contributed by atoms with Gasteiger partial charge in [-0.1, -0.05) is 0 Å². The van der Waals surface area contributed by atoms with Crippen LogP contribution in [0.5, 0.6) is 5.75 Å². The molecule has 37 heavy (non-hydrogen) atoms. The number of alkyl halides is 3. The molecule has 2 fully saturated rings. The molecule has 0 spiro atoms. The Morgan fingerprint density at radius 3 is 2.70 bits per heavy atom. The van der Waals surface area contributed by atoms with Crippen molar-refractivity contribution in [1.82, 2.24) is 19.8 Å². The highest BCUT2D eigenvalue weighted by molar-refractivity contribution is 5.93. The lowest BCUT2D eigenvalue weighted by molar-refractivity contribution is -0.192. The zero-order valence-electron chi connectivity index (χ0n) is 20.5. The molecule has 2 aliphatic rings. The van der Waals surface area contributed by atoms with Gasteiger partial charge in [0.25, 0.3) is 5.56 Å². The van der Waals surface area contributed by atoms with Crippen LogP contribution in [0.4, 0.5) is 13.2 Å². The highest BCUT2D eigenvalue weighted by atomic mass is 19.4. The van der Waals surface area contributed by atoms with Crippen LogP contribution in [-0.4, -0.2) is 64.0 Å². The first-order valence-electron chi connectivity index (χ1n) is 12.0. The third kappa shape index (κ3) is 6.50. The van der Waals surface area contributed by atoms with E-state index in [1.165, 1.54) is 12.8 Å². The fraction of sp³-hybridized carbons (Fsp3) is 0.480. The van der Waals surface area contributed by atoms with Crippen LogP contribution in [0.2, 0.25) is 0 Å². The number of furan rings is 1. The van der Waals surface area contributed by atoms with E-state index in [-0.39, 0.29) is 5.56 Å². The van der Waals surface area contributed by atoms with Gasteiger partial charge in [-0.2, -0.15) is 13.2 Å². The van der Waals surface area contributed by atoms with Crippen molar-refractivity contribution >= 4 is 16.9 Å². The lowest BCUT2D eigenvalue weighted by atomic mass is 10.1. The number of hydrogen-bond acceptors (Lipinski definition) is 7. The zero-order chi connectivity index (χ0) is 26.7. The van der Waals surface area contributed by atoms with Gasteiger partial charge in [0.05, 0.1) is 24.7 Å². The van der Waals surface area contributed by atoms with Crippen molar-refractivity contribution in [3.63, 3.8) is 0 Å². The largest absolute Gasteiger partial charge is 0.491 e. The number of nitrogens with one attached hydrogen (secondary N) is 1. The maximum absolute atomic E-state index is 12.8.